The summed E-state index contributed by atoms with van der Waals surface area (Å²) < 4.78 is 4.71. The quantitative estimate of drug-likeness (QED) is 0.174. The summed E-state index contributed by atoms with van der Waals surface area (Å²) in [5, 5.41) is 4.80. The number of H-pyrrole nitrogens is 1. The number of aromatic nitrogens is 5. The molecule has 0 amide bonds. The van der Waals surface area contributed by atoms with Crippen molar-refractivity contribution < 1.29 is 0 Å². The van der Waals surface area contributed by atoms with Crippen molar-refractivity contribution in [1.82, 2.24) is 24.1 Å². The molecule has 0 spiro atoms. The van der Waals surface area contributed by atoms with Crippen LogP contribution in [0.1, 0.15) is 47.6 Å². The smallest absolute Gasteiger partial charge is 0.147 e. The lowest BCUT2D eigenvalue weighted by atomic mass is 9.85. The van der Waals surface area contributed by atoms with Crippen LogP contribution in [-0.4, -0.2) is 24.1 Å². The zero-order valence-electron chi connectivity index (χ0n) is 38.1. The topological polar surface area (TPSA) is 51.4 Å². The highest BCUT2D eigenvalue weighted by molar-refractivity contribution is 6.18. The maximum absolute atomic E-state index is 5.64. The number of para-hydroxylation sites is 4. The Morgan fingerprint density at radius 2 is 1.23 bits per heavy atom. The second-order valence-corrected chi connectivity index (χ2v) is 18.3. The Morgan fingerprint density at radius 1 is 0.500 bits per heavy atom. The molecule has 8 aromatic carbocycles. The van der Waals surface area contributed by atoms with Gasteiger partial charge in [-0.15, -0.1) is 0 Å². The Balaban J connectivity index is 1.17. The van der Waals surface area contributed by atoms with Crippen molar-refractivity contribution in [2.45, 2.75) is 47.5 Å². The molecular formula is C61H49N5. The molecule has 0 aliphatic heterocycles. The van der Waals surface area contributed by atoms with E-state index in [2.05, 4.69) is 219 Å². The molecule has 4 aromatic heterocycles. The van der Waals surface area contributed by atoms with Gasteiger partial charge in [0.05, 0.1) is 27.6 Å². The molecular weight excluding hydrogens is 803 g/mol. The average Bonchev–Trinajstić information content (AvgIpc) is 4.01. The normalized spacial score (nSPS) is 11.9. The molecule has 0 saturated carbocycles. The molecule has 0 bridgehead atoms. The van der Waals surface area contributed by atoms with E-state index in [1.807, 2.05) is 12.3 Å². The SMILES string of the molecule is Cc1cc(C)c(-c2cc(-c3c(C)cccc3C(C)C)cc3c2c2ccc(-c4cccc5c4nc(-c4cccc6c4[nH]c4ccccc46)n5-c4ccccc4)cc2n3-c2ccccn2)c(C)c1. The van der Waals surface area contributed by atoms with E-state index in [9.17, 15) is 0 Å². The van der Waals surface area contributed by atoms with Crippen molar-refractivity contribution in [3.05, 3.63) is 204 Å². The van der Waals surface area contributed by atoms with Gasteiger partial charge in [0.15, 0.2) is 0 Å². The van der Waals surface area contributed by atoms with Crippen LogP contribution in [-0.2, 0) is 0 Å². The van der Waals surface area contributed by atoms with Crippen LogP contribution in [0.25, 0.3) is 111 Å². The summed E-state index contributed by atoms with van der Waals surface area (Å²) in [4.78, 5) is 14.5. The molecule has 0 unspecified atom stereocenters. The van der Waals surface area contributed by atoms with Gasteiger partial charge in [0.1, 0.15) is 11.6 Å². The minimum absolute atomic E-state index is 0.357. The van der Waals surface area contributed by atoms with Crippen LogP contribution in [0, 0.1) is 27.7 Å². The van der Waals surface area contributed by atoms with Crippen molar-refractivity contribution in [2.75, 3.05) is 0 Å². The van der Waals surface area contributed by atoms with Crippen LogP contribution in [0.4, 0.5) is 0 Å². The molecule has 0 aliphatic rings. The molecule has 12 aromatic rings. The van der Waals surface area contributed by atoms with Crippen molar-refractivity contribution in [2.24, 2.45) is 0 Å². The van der Waals surface area contributed by atoms with Crippen molar-refractivity contribution in [3.63, 3.8) is 0 Å². The minimum atomic E-state index is 0.357. The first-order chi connectivity index (χ1) is 32.2. The van der Waals surface area contributed by atoms with Crippen LogP contribution in [0.15, 0.2) is 176 Å². The molecule has 0 fully saturated rings. The summed E-state index contributed by atoms with van der Waals surface area (Å²) >= 11 is 0. The van der Waals surface area contributed by atoms with Gasteiger partial charge in [0, 0.05) is 50.1 Å². The van der Waals surface area contributed by atoms with Crippen molar-refractivity contribution in [1.29, 1.82) is 0 Å². The number of fused-ring (bicyclic) bond motifs is 7. The fraction of sp³-hybridized carbons (Fsp3) is 0.115. The van der Waals surface area contributed by atoms with Crippen LogP contribution < -0.4 is 0 Å². The molecule has 0 atom stereocenters. The van der Waals surface area contributed by atoms with Gasteiger partial charge in [0.25, 0.3) is 0 Å². The monoisotopic (exact) mass is 851 g/mol. The first-order valence-electron chi connectivity index (χ1n) is 23.0. The molecule has 12 rings (SSSR count). The number of aryl methyl sites for hydroxylation is 4. The zero-order chi connectivity index (χ0) is 44.8. The van der Waals surface area contributed by atoms with Crippen molar-refractivity contribution in [3.8, 4) is 56.3 Å². The van der Waals surface area contributed by atoms with Gasteiger partial charge in [-0.2, -0.15) is 0 Å². The molecule has 0 saturated heterocycles. The van der Waals surface area contributed by atoms with E-state index in [1.54, 1.807) is 0 Å². The first-order valence-corrected chi connectivity index (χ1v) is 23.0. The van der Waals surface area contributed by atoms with Gasteiger partial charge in [-0.05, 0) is 144 Å². The second kappa shape index (κ2) is 15.3. The number of aromatic amines is 1. The highest BCUT2D eigenvalue weighted by atomic mass is 15.1. The summed E-state index contributed by atoms with van der Waals surface area (Å²) in [5.74, 6) is 2.13. The number of hydrogen-bond acceptors (Lipinski definition) is 2. The number of nitrogens with zero attached hydrogens (tertiary/aromatic N) is 4. The summed E-state index contributed by atoms with van der Waals surface area (Å²) in [7, 11) is 0. The fourth-order valence-corrected chi connectivity index (χ4v) is 11.0. The molecule has 5 nitrogen and oxygen atoms in total. The van der Waals surface area contributed by atoms with E-state index in [1.165, 1.54) is 71.6 Å². The predicted octanol–water partition coefficient (Wildman–Crippen LogP) is 16.2. The molecule has 5 heteroatoms. The summed E-state index contributed by atoms with van der Waals surface area (Å²) in [6, 6.07) is 61.8. The molecule has 0 radical (unpaired) electrons. The largest absolute Gasteiger partial charge is 0.354 e. The van der Waals surface area contributed by atoms with E-state index in [4.69, 9.17) is 9.97 Å². The van der Waals surface area contributed by atoms with Gasteiger partial charge in [-0.3, -0.25) is 9.13 Å². The minimum Gasteiger partial charge on any atom is -0.354 e. The zero-order valence-corrected chi connectivity index (χ0v) is 38.1. The Kier molecular flexibility index (Phi) is 9.18. The lowest BCUT2D eigenvalue weighted by Crippen LogP contribution is -1.99. The molecule has 66 heavy (non-hydrogen) atoms. The summed E-state index contributed by atoms with van der Waals surface area (Å²) in [5.41, 5.74) is 22.2. The lowest BCUT2D eigenvalue weighted by molar-refractivity contribution is 0.867. The van der Waals surface area contributed by atoms with Gasteiger partial charge in [-0.1, -0.05) is 129 Å². The number of imidazole rings is 1. The first kappa shape index (κ1) is 39.6. The highest BCUT2D eigenvalue weighted by Gasteiger charge is 2.25. The molecule has 318 valence electrons. The second-order valence-electron chi connectivity index (χ2n) is 18.3. The maximum Gasteiger partial charge on any atom is 0.147 e. The predicted molar refractivity (Wildman–Crippen MR) is 277 cm³/mol. The third-order valence-electron chi connectivity index (χ3n) is 13.7. The average molecular weight is 852 g/mol. The molecule has 4 heterocycles. The molecule has 1 N–H and O–H groups in total. The van der Waals surface area contributed by atoms with Gasteiger partial charge < -0.3 is 4.98 Å². The van der Waals surface area contributed by atoms with Crippen LogP contribution in [0.2, 0.25) is 0 Å². The van der Waals surface area contributed by atoms with Crippen molar-refractivity contribution >= 4 is 54.6 Å². The Bertz CT molecular complexity index is 3860. The highest BCUT2D eigenvalue weighted by Crippen LogP contribution is 2.46. The number of nitrogens with one attached hydrogen (secondary N) is 1. The number of rotatable bonds is 7. The van der Waals surface area contributed by atoms with Gasteiger partial charge in [0.2, 0.25) is 0 Å². The Morgan fingerprint density at radius 3 is 2.03 bits per heavy atom. The number of benzene rings is 8. The lowest BCUT2D eigenvalue weighted by Gasteiger charge is -2.19. The van der Waals surface area contributed by atoms with Crippen LogP contribution in [0.5, 0.6) is 0 Å². The van der Waals surface area contributed by atoms with Gasteiger partial charge >= 0.3 is 0 Å². The van der Waals surface area contributed by atoms with E-state index in [0.29, 0.717) is 5.92 Å². The third kappa shape index (κ3) is 6.14. The third-order valence-corrected chi connectivity index (χ3v) is 13.7. The number of pyridine rings is 1. The Hall–Kier alpha value is -8.02. The van der Waals surface area contributed by atoms with E-state index >= 15 is 0 Å². The van der Waals surface area contributed by atoms with Crippen LogP contribution >= 0.6 is 0 Å². The van der Waals surface area contributed by atoms with E-state index in [0.717, 1.165) is 67.1 Å². The Labute approximate surface area is 384 Å². The standard InChI is InChI=1S/C61H49N5/c1-36(2)44-21-14-17-38(4)57(44)42-33-50(56-39(5)31-37(3)32-40(56)6)58-48-29-28-41(34-53(48)66(54(58)35-42)55-27-12-13-30-62-55)45-22-16-26-52-60(45)64-61(65(52)43-18-8-7-9-19-43)49-24-15-23-47-46-20-10-11-25-51(46)63-59(47)49/h7-36,63H,1-6H3. The van der Waals surface area contributed by atoms with E-state index in [-0.39, 0.29) is 0 Å². The molecule has 0 aliphatic carbocycles. The van der Waals surface area contributed by atoms with Gasteiger partial charge in [-0.25, -0.2) is 9.97 Å². The summed E-state index contributed by atoms with van der Waals surface area (Å²) in [6.45, 7) is 13.6. The van der Waals surface area contributed by atoms with E-state index < -0.39 is 0 Å². The summed E-state index contributed by atoms with van der Waals surface area (Å²) in [6.07, 6.45) is 1.90. The number of hydrogen-bond donors (Lipinski definition) is 1. The fourth-order valence-electron chi connectivity index (χ4n) is 11.0. The van der Waals surface area contributed by atoms with Crippen LogP contribution in [0.3, 0.4) is 0 Å². The maximum atomic E-state index is 5.64.